The van der Waals surface area contributed by atoms with Gasteiger partial charge in [-0.15, -0.1) is 0 Å². The number of hydrogen-bond acceptors (Lipinski definition) is 2. The lowest BCUT2D eigenvalue weighted by molar-refractivity contribution is 0.291. The van der Waals surface area contributed by atoms with Gasteiger partial charge in [-0.05, 0) is 18.1 Å². The molecule has 1 aromatic rings. The van der Waals surface area contributed by atoms with Crippen LogP contribution in [0.4, 0.5) is 0 Å². The summed E-state index contributed by atoms with van der Waals surface area (Å²) in [4.78, 5) is 4.44. The summed E-state index contributed by atoms with van der Waals surface area (Å²) in [6.45, 7) is 5.82. The van der Waals surface area contributed by atoms with Gasteiger partial charge in [-0.2, -0.15) is 0 Å². The maximum atomic E-state index is 3.87. The zero-order valence-corrected chi connectivity index (χ0v) is 8.48. The van der Waals surface area contributed by atoms with Gasteiger partial charge in [0.05, 0.1) is 6.67 Å². The van der Waals surface area contributed by atoms with Gasteiger partial charge < -0.3 is 9.80 Å². The molecule has 0 saturated carbocycles. The Bertz CT molecular complexity index is 327. The van der Waals surface area contributed by atoms with Crippen molar-refractivity contribution < 1.29 is 0 Å². The van der Waals surface area contributed by atoms with Gasteiger partial charge in [0.15, 0.2) is 0 Å². The van der Waals surface area contributed by atoms with Crippen molar-refractivity contribution in [2.24, 2.45) is 0 Å². The van der Waals surface area contributed by atoms with Gasteiger partial charge in [0, 0.05) is 26.0 Å². The van der Waals surface area contributed by atoms with Gasteiger partial charge in [-0.1, -0.05) is 24.3 Å². The van der Waals surface area contributed by atoms with Crippen molar-refractivity contribution in [2.75, 3.05) is 13.7 Å². The Balaban J connectivity index is 1.98. The standard InChI is InChI=1S/C12H15N2/c1-11-3-5-12(6-4-11)9-14-8-7-13(2)10-14/h3-8H,1,9-10H2,2H3. The maximum Gasteiger partial charge on any atom is 0.0894 e. The number of rotatable bonds is 2. The van der Waals surface area contributed by atoms with Crippen molar-refractivity contribution in [1.82, 2.24) is 9.80 Å². The average Bonchev–Trinajstić information content (AvgIpc) is 2.56. The molecule has 0 amide bonds. The molecule has 14 heavy (non-hydrogen) atoms. The van der Waals surface area contributed by atoms with Crippen molar-refractivity contribution >= 4 is 0 Å². The molecule has 0 spiro atoms. The first kappa shape index (κ1) is 9.13. The molecule has 0 unspecified atom stereocenters. The molecular weight excluding hydrogens is 172 g/mol. The van der Waals surface area contributed by atoms with Gasteiger partial charge in [-0.3, -0.25) is 0 Å². The predicted octanol–water partition coefficient (Wildman–Crippen LogP) is 2.04. The molecule has 0 aromatic heterocycles. The van der Waals surface area contributed by atoms with Crippen molar-refractivity contribution in [3.63, 3.8) is 0 Å². The molecule has 2 rings (SSSR count). The molecule has 0 N–H and O–H groups in total. The quantitative estimate of drug-likeness (QED) is 0.699. The van der Waals surface area contributed by atoms with E-state index in [0.717, 1.165) is 18.8 Å². The second kappa shape index (κ2) is 3.74. The summed E-state index contributed by atoms with van der Waals surface area (Å²) >= 11 is 0. The normalized spacial score (nSPS) is 15.3. The van der Waals surface area contributed by atoms with E-state index in [9.17, 15) is 0 Å². The lowest BCUT2D eigenvalue weighted by atomic mass is 10.1. The van der Waals surface area contributed by atoms with Crippen LogP contribution in [0.15, 0.2) is 36.7 Å². The largest absolute Gasteiger partial charge is 0.362 e. The molecule has 0 bridgehead atoms. The first-order chi connectivity index (χ1) is 6.74. The number of benzene rings is 1. The van der Waals surface area contributed by atoms with Crippen LogP contribution in [0.25, 0.3) is 0 Å². The Labute approximate surface area is 85.4 Å². The molecule has 1 aliphatic rings. The lowest BCUT2D eigenvalue weighted by Gasteiger charge is -2.18. The van der Waals surface area contributed by atoms with E-state index >= 15 is 0 Å². The van der Waals surface area contributed by atoms with E-state index in [1.54, 1.807) is 0 Å². The zero-order chi connectivity index (χ0) is 9.97. The second-order valence-corrected chi connectivity index (χ2v) is 3.76. The van der Waals surface area contributed by atoms with Crippen LogP contribution in [0.2, 0.25) is 0 Å². The molecule has 73 valence electrons. The topological polar surface area (TPSA) is 6.48 Å². The van der Waals surface area contributed by atoms with Crippen LogP contribution in [0, 0.1) is 6.92 Å². The van der Waals surface area contributed by atoms with Crippen LogP contribution in [-0.4, -0.2) is 23.5 Å². The summed E-state index contributed by atoms with van der Waals surface area (Å²) in [7, 11) is 2.08. The summed E-state index contributed by atoms with van der Waals surface area (Å²) in [5.74, 6) is 0. The highest BCUT2D eigenvalue weighted by molar-refractivity contribution is 5.24. The van der Waals surface area contributed by atoms with E-state index in [2.05, 4.69) is 60.4 Å². The van der Waals surface area contributed by atoms with Crippen LogP contribution >= 0.6 is 0 Å². The molecular formula is C12H15N2. The fraction of sp³-hybridized carbons (Fsp3) is 0.250. The molecule has 0 atom stereocenters. The number of nitrogens with zero attached hydrogens (tertiary/aromatic N) is 2. The molecule has 2 heteroatoms. The van der Waals surface area contributed by atoms with Gasteiger partial charge >= 0.3 is 0 Å². The first-order valence-corrected chi connectivity index (χ1v) is 4.77. The lowest BCUT2D eigenvalue weighted by Crippen LogP contribution is -2.21. The van der Waals surface area contributed by atoms with Gasteiger partial charge in [0.25, 0.3) is 0 Å². The van der Waals surface area contributed by atoms with Crippen molar-refractivity contribution in [1.29, 1.82) is 0 Å². The van der Waals surface area contributed by atoms with E-state index in [-0.39, 0.29) is 0 Å². The third-order valence-corrected chi connectivity index (χ3v) is 2.35. The Morgan fingerprint density at radius 1 is 1.21 bits per heavy atom. The van der Waals surface area contributed by atoms with Crippen molar-refractivity contribution in [3.05, 3.63) is 54.7 Å². The Morgan fingerprint density at radius 2 is 1.93 bits per heavy atom. The van der Waals surface area contributed by atoms with Gasteiger partial charge in [-0.25, -0.2) is 0 Å². The molecule has 1 heterocycles. The van der Waals surface area contributed by atoms with Crippen LogP contribution in [0.3, 0.4) is 0 Å². The van der Waals surface area contributed by atoms with E-state index in [4.69, 9.17) is 0 Å². The minimum atomic E-state index is 0.973. The molecule has 0 fully saturated rings. The molecule has 2 nitrogen and oxygen atoms in total. The highest BCUT2D eigenvalue weighted by Crippen LogP contribution is 2.11. The van der Waals surface area contributed by atoms with Crippen LogP contribution in [0.5, 0.6) is 0 Å². The summed E-state index contributed by atoms with van der Waals surface area (Å²) in [6, 6.07) is 8.38. The second-order valence-electron chi connectivity index (χ2n) is 3.76. The SMILES string of the molecule is [CH2]c1ccc(CN2C=CN(C)C2)cc1. The minimum absolute atomic E-state index is 0.973. The van der Waals surface area contributed by atoms with Gasteiger partial charge in [0.1, 0.15) is 0 Å². The predicted molar refractivity (Wildman–Crippen MR) is 58.2 cm³/mol. The van der Waals surface area contributed by atoms with Crippen molar-refractivity contribution in [2.45, 2.75) is 6.54 Å². The molecule has 0 saturated heterocycles. The fourth-order valence-electron chi connectivity index (χ4n) is 1.57. The Kier molecular flexibility index (Phi) is 2.44. The van der Waals surface area contributed by atoms with E-state index in [0.29, 0.717) is 0 Å². The van der Waals surface area contributed by atoms with E-state index < -0.39 is 0 Å². The third kappa shape index (κ3) is 2.08. The summed E-state index contributed by atoms with van der Waals surface area (Å²) in [5.41, 5.74) is 2.40. The molecule has 1 aromatic carbocycles. The smallest absolute Gasteiger partial charge is 0.0894 e. The molecule has 0 aliphatic carbocycles. The highest BCUT2D eigenvalue weighted by Gasteiger charge is 2.07. The highest BCUT2D eigenvalue weighted by atomic mass is 15.3. The van der Waals surface area contributed by atoms with E-state index in [1.165, 1.54) is 5.56 Å². The minimum Gasteiger partial charge on any atom is -0.362 e. The fourth-order valence-corrected chi connectivity index (χ4v) is 1.57. The van der Waals surface area contributed by atoms with Crippen molar-refractivity contribution in [3.8, 4) is 0 Å². The maximum absolute atomic E-state index is 3.87. The average molecular weight is 187 g/mol. The molecule has 1 radical (unpaired) electrons. The zero-order valence-electron chi connectivity index (χ0n) is 8.48. The van der Waals surface area contributed by atoms with E-state index in [1.807, 2.05) is 0 Å². The van der Waals surface area contributed by atoms with Crippen LogP contribution in [0.1, 0.15) is 11.1 Å². The Morgan fingerprint density at radius 3 is 2.50 bits per heavy atom. The molecule has 1 aliphatic heterocycles. The first-order valence-electron chi connectivity index (χ1n) is 4.77. The number of hydrogen-bond donors (Lipinski definition) is 0. The summed E-state index contributed by atoms with van der Waals surface area (Å²) < 4.78 is 0. The van der Waals surface area contributed by atoms with Crippen LogP contribution < -0.4 is 0 Å². The summed E-state index contributed by atoms with van der Waals surface area (Å²) in [5, 5.41) is 0. The summed E-state index contributed by atoms with van der Waals surface area (Å²) in [6.07, 6.45) is 4.22. The third-order valence-electron chi connectivity index (χ3n) is 2.35. The van der Waals surface area contributed by atoms with Crippen LogP contribution in [-0.2, 0) is 6.54 Å². The van der Waals surface area contributed by atoms with Gasteiger partial charge in [0.2, 0.25) is 0 Å². The Hall–Kier alpha value is -1.44. The monoisotopic (exact) mass is 187 g/mol.